The maximum atomic E-state index is 14.7. The van der Waals surface area contributed by atoms with Crippen molar-refractivity contribution in [2.75, 3.05) is 23.7 Å². The molecule has 1 atom stereocenters. The quantitative estimate of drug-likeness (QED) is 0.697. The van der Waals surface area contributed by atoms with Gasteiger partial charge in [0.2, 0.25) is 5.95 Å². The number of nitriles is 1. The van der Waals surface area contributed by atoms with Gasteiger partial charge in [-0.1, -0.05) is 12.1 Å². The average Bonchev–Trinajstić information content (AvgIpc) is 3.00. The van der Waals surface area contributed by atoms with Gasteiger partial charge in [-0.2, -0.15) is 14.0 Å². The number of benzene rings is 1. The number of anilines is 1. The Labute approximate surface area is 194 Å². The summed E-state index contributed by atoms with van der Waals surface area (Å²) in [6, 6.07) is 6.45. The molecule has 1 aliphatic carbocycles. The summed E-state index contributed by atoms with van der Waals surface area (Å²) < 4.78 is 55.2. The number of sulfone groups is 1. The van der Waals surface area contributed by atoms with Crippen LogP contribution in [0.15, 0.2) is 23.1 Å². The smallest absolute Gasteiger partial charge is 0.407 e. The molecule has 12 heteroatoms. The number of amides is 1. The van der Waals surface area contributed by atoms with E-state index in [0.29, 0.717) is 17.7 Å². The SMILES string of the molecule is N#CCC1CCN1c1nc(-c2ccc3c(c2)S(=O)(=O)CCN(C(=O)O)C3)c2c(n1)C(F)(F)CC2. The molecular formula is C22H21F2N5O4S. The molecule has 1 saturated heterocycles. The Morgan fingerprint density at radius 1 is 1.29 bits per heavy atom. The normalized spacial score (nSPS) is 22.2. The van der Waals surface area contributed by atoms with Gasteiger partial charge in [-0.3, -0.25) is 0 Å². The van der Waals surface area contributed by atoms with E-state index in [2.05, 4.69) is 16.0 Å². The number of carboxylic acid groups (broad SMARTS) is 1. The van der Waals surface area contributed by atoms with Crippen LogP contribution in [0.2, 0.25) is 0 Å². The average molecular weight is 490 g/mol. The first kappa shape index (κ1) is 22.5. The predicted octanol–water partition coefficient (Wildman–Crippen LogP) is 2.94. The summed E-state index contributed by atoms with van der Waals surface area (Å²) in [5.74, 6) is -3.39. The molecule has 3 aliphatic rings. The minimum absolute atomic E-state index is 0.0151. The standard InChI is InChI=1S/C22H21F2N5O4S/c23-22(24)6-3-16-18(26-20(27-19(16)22)29-8-5-15(29)4-7-25)13-1-2-14-12-28(21(30)31)9-10-34(32,33)17(14)11-13/h1-2,11,15H,3-6,8-10,12H2,(H,30,31). The first-order valence-electron chi connectivity index (χ1n) is 10.9. The molecule has 1 amide bonds. The maximum Gasteiger partial charge on any atom is 0.407 e. The van der Waals surface area contributed by atoms with E-state index in [1.165, 1.54) is 12.1 Å². The molecule has 0 saturated carbocycles. The van der Waals surface area contributed by atoms with Crippen molar-refractivity contribution in [1.29, 1.82) is 5.26 Å². The molecular weight excluding hydrogens is 468 g/mol. The van der Waals surface area contributed by atoms with Crippen molar-refractivity contribution in [2.24, 2.45) is 0 Å². The van der Waals surface area contributed by atoms with Gasteiger partial charge in [0.25, 0.3) is 5.92 Å². The van der Waals surface area contributed by atoms with Gasteiger partial charge < -0.3 is 14.9 Å². The Bertz CT molecular complexity index is 1340. The third kappa shape index (κ3) is 3.64. The number of alkyl halides is 2. The Hall–Kier alpha value is -3.33. The first-order valence-corrected chi connectivity index (χ1v) is 12.5. The van der Waals surface area contributed by atoms with Gasteiger partial charge in [-0.05, 0) is 24.5 Å². The third-order valence-electron chi connectivity index (χ3n) is 6.70. The van der Waals surface area contributed by atoms with Crippen LogP contribution in [0.1, 0.15) is 36.1 Å². The third-order valence-corrected chi connectivity index (χ3v) is 8.47. The van der Waals surface area contributed by atoms with E-state index in [0.717, 1.165) is 11.3 Å². The van der Waals surface area contributed by atoms with Gasteiger partial charge in [-0.25, -0.2) is 23.2 Å². The van der Waals surface area contributed by atoms with Gasteiger partial charge in [0, 0.05) is 36.7 Å². The van der Waals surface area contributed by atoms with Crippen LogP contribution in [0, 0.1) is 11.3 Å². The lowest BCUT2D eigenvalue weighted by atomic mass is 10.0. The van der Waals surface area contributed by atoms with Crippen LogP contribution in [-0.4, -0.2) is 59.4 Å². The molecule has 1 aromatic carbocycles. The van der Waals surface area contributed by atoms with Crippen molar-refractivity contribution >= 4 is 21.9 Å². The van der Waals surface area contributed by atoms with Gasteiger partial charge >= 0.3 is 6.09 Å². The summed E-state index contributed by atoms with van der Waals surface area (Å²) in [6.45, 7) is 0.301. The molecule has 5 rings (SSSR count). The summed E-state index contributed by atoms with van der Waals surface area (Å²) in [4.78, 5) is 22.9. The highest BCUT2D eigenvalue weighted by Gasteiger charge is 2.44. The second-order valence-corrected chi connectivity index (χ2v) is 10.8. The molecule has 3 heterocycles. The van der Waals surface area contributed by atoms with Crippen molar-refractivity contribution in [3.8, 4) is 17.3 Å². The molecule has 1 unspecified atom stereocenters. The molecule has 0 radical (unpaired) electrons. The first-order chi connectivity index (χ1) is 16.1. The highest BCUT2D eigenvalue weighted by Crippen LogP contribution is 2.45. The lowest BCUT2D eigenvalue weighted by Gasteiger charge is -2.40. The molecule has 1 N–H and O–H groups in total. The Morgan fingerprint density at radius 2 is 2.09 bits per heavy atom. The fourth-order valence-corrected chi connectivity index (χ4v) is 6.23. The number of hydrogen-bond acceptors (Lipinski definition) is 7. The van der Waals surface area contributed by atoms with Crippen molar-refractivity contribution in [2.45, 2.75) is 49.1 Å². The zero-order chi connectivity index (χ0) is 24.3. The molecule has 1 aromatic heterocycles. The molecule has 9 nitrogen and oxygen atoms in total. The fourth-order valence-electron chi connectivity index (χ4n) is 4.71. The molecule has 0 bridgehead atoms. The van der Waals surface area contributed by atoms with Gasteiger partial charge in [0.1, 0.15) is 5.69 Å². The molecule has 2 aliphatic heterocycles. The Balaban J connectivity index is 1.64. The number of fused-ring (bicyclic) bond motifs is 2. The number of halogens is 2. The van der Waals surface area contributed by atoms with Gasteiger partial charge in [0.15, 0.2) is 9.84 Å². The van der Waals surface area contributed by atoms with Crippen LogP contribution >= 0.6 is 0 Å². The molecule has 1 fully saturated rings. The van der Waals surface area contributed by atoms with Crippen LogP contribution in [0.25, 0.3) is 11.3 Å². The van der Waals surface area contributed by atoms with Crippen LogP contribution in [-0.2, 0) is 28.7 Å². The topological polar surface area (TPSA) is 127 Å². The summed E-state index contributed by atoms with van der Waals surface area (Å²) in [5, 5.41) is 18.4. The van der Waals surface area contributed by atoms with E-state index < -0.39 is 28.3 Å². The van der Waals surface area contributed by atoms with Crippen LogP contribution in [0.4, 0.5) is 19.5 Å². The highest BCUT2D eigenvalue weighted by atomic mass is 32.2. The number of carbonyl (C=O) groups is 1. The fraction of sp³-hybridized carbons (Fsp3) is 0.455. The summed E-state index contributed by atoms with van der Waals surface area (Å²) in [5.41, 5.74) is 0.865. The zero-order valence-corrected chi connectivity index (χ0v) is 18.9. The minimum Gasteiger partial charge on any atom is -0.465 e. The molecule has 0 spiro atoms. The predicted molar refractivity (Wildman–Crippen MR) is 116 cm³/mol. The molecule has 2 aromatic rings. The van der Waals surface area contributed by atoms with E-state index in [-0.39, 0.29) is 65.5 Å². The van der Waals surface area contributed by atoms with Crippen LogP contribution in [0.3, 0.4) is 0 Å². The lowest BCUT2D eigenvalue weighted by molar-refractivity contribution is -0.00595. The maximum absolute atomic E-state index is 14.7. The van der Waals surface area contributed by atoms with Crippen molar-refractivity contribution in [3.05, 3.63) is 35.0 Å². The van der Waals surface area contributed by atoms with Gasteiger partial charge in [-0.15, -0.1) is 0 Å². The van der Waals surface area contributed by atoms with Crippen LogP contribution < -0.4 is 4.90 Å². The monoisotopic (exact) mass is 489 g/mol. The van der Waals surface area contributed by atoms with Crippen LogP contribution in [0.5, 0.6) is 0 Å². The number of aromatic nitrogens is 2. The number of rotatable bonds is 3. The zero-order valence-electron chi connectivity index (χ0n) is 18.0. The Kier molecular flexibility index (Phi) is 5.20. The van der Waals surface area contributed by atoms with Gasteiger partial charge in [0.05, 0.1) is 35.4 Å². The molecule has 34 heavy (non-hydrogen) atoms. The van der Waals surface area contributed by atoms with E-state index in [1.54, 1.807) is 11.0 Å². The summed E-state index contributed by atoms with van der Waals surface area (Å²) in [6.07, 6.45) is -0.614. The van der Waals surface area contributed by atoms with E-state index >= 15 is 0 Å². The second-order valence-electron chi connectivity index (χ2n) is 8.75. The molecule has 178 valence electrons. The summed E-state index contributed by atoms with van der Waals surface area (Å²) in [7, 11) is -3.79. The number of hydrogen-bond donors (Lipinski definition) is 1. The van der Waals surface area contributed by atoms with E-state index in [9.17, 15) is 27.1 Å². The lowest BCUT2D eigenvalue weighted by Crippen LogP contribution is -2.48. The van der Waals surface area contributed by atoms with E-state index in [1.807, 2.05) is 0 Å². The number of nitrogens with zero attached hydrogens (tertiary/aromatic N) is 5. The highest BCUT2D eigenvalue weighted by molar-refractivity contribution is 7.91. The second kappa shape index (κ2) is 7.87. The van der Waals surface area contributed by atoms with Crippen molar-refractivity contribution in [3.63, 3.8) is 0 Å². The largest absolute Gasteiger partial charge is 0.465 e. The Morgan fingerprint density at radius 3 is 2.76 bits per heavy atom. The van der Waals surface area contributed by atoms with E-state index in [4.69, 9.17) is 5.26 Å². The summed E-state index contributed by atoms with van der Waals surface area (Å²) >= 11 is 0. The minimum atomic E-state index is -3.79. The van der Waals surface area contributed by atoms with Crippen molar-refractivity contribution in [1.82, 2.24) is 14.9 Å². The van der Waals surface area contributed by atoms with Crippen molar-refractivity contribution < 1.29 is 27.1 Å².